The SMILES string of the molecule is CCCCC1C(=O)C(CC)C2=C(CCCC2)N1CC. The van der Waals surface area contributed by atoms with Gasteiger partial charge in [0.15, 0.2) is 5.78 Å². The lowest BCUT2D eigenvalue weighted by molar-refractivity contribution is -0.128. The van der Waals surface area contributed by atoms with E-state index in [1.54, 1.807) is 5.70 Å². The molecular weight excluding hydrogens is 234 g/mol. The number of allylic oxidation sites excluding steroid dienone is 2. The zero-order valence-electron chi connectivity index (χ0n) is 12.9. The fraction of sp³-hybridized carbons (Fsp3) is 0.824. The van der Waals surface area contributed by atoms with Crippen LogP contribution in [0.3, 0.4) is 0 Å². The number of hydrogen-bond donors (Lipinski definition) is 0. The van der Waals surface area contributed by atoms with Crippen LogP contribution in [0.5, 0.6) is 0 Å². The third-order valence-corrected chi connectivity index (χ3v) is 4.88. The van der Waals surface area contributed by atoms with Gasteiger partial charge in [0, 0.05) is 18.2 Å². The molecule has 0 aromatic carbocycles. The normalized spacial score (nSPS) is 27.7. The van der Waals surface area contributed by atoms with Crippen molar-refractivity contribution >= 4 is 5.78 Å². The lowest BCUT2D eigenvalue weighted by Gasteiger charge is -2.44. The van der Waals surface area contributed by atoms with Crippen LogP contribution >= 0.6 is 0 Å². The Morgan fingerprint density at radius 1 is 1.16 bits per heavy atom. The smallest absolute Gasteiger partial charge is 0.162 e. The fourth-order valence-corrected chi connectivity index (χ4v) is 3.92. The van der Waals surface area contributed by atoms with E-state index in [-0.39, 0.29) is 12.0 Å². The average Bonchev–Trinajstić information content (AvgIpc) is 2.44. The number of unbranched alkanes of at least 4 members (excludes halogenated alkanes) is 1. The number of Topliss-reactive ketones (excluding diaryl/α,β-unsaturated/α-hetero) is 1. The zero-order chi connectivity index (χ0) is 13.8. The summed E-state index contributed by atoms with van der Waals surface area (Å²) in [5.74, 6) is 0.749. The minimum absolute atomic E-state index is 0.173. The molecule has 0 saturated heterocycles. The molecule has 0 N–H and O–H groups in total. The Hall–Kier alpha value is -0.790. The van der Waals surface area contributed by atoms with Crippen LogP contribution in [0.25, 0.3) is 0 Å². The summed E-state index contributed by atoms with van der Waals surface area (Å²) < 4.78 is 0. The molecule has 0 radical (unpaired) electrons. The Balaban J connectivity index is 2.31. The van der Waals surface area contributed by atoms with Crippen LogP contribution in [0, 0.1) is 5.92 Å². The predicted molar refractivity (Wildman–Crippen MR) is 80.0 cm³/mol. The fourth-order valence-electron chi connectivity index (χ4n) is 3.92. The molecule has 108 valence electrons. The Morgan fingerprint density at radius 2 is 1.89 bits per heavy atom. The minimum atomic E-state index is 0.173. The summed E-state index contributed by atoms with van der Waals surface area (Å²) in [5, 5.41) is 0. The largest absolute Gasteiger partial charge is 0.365 e. The summed E-state index contributed by atoms with van der Waals surface area (Å²) in [7, 11) is 0. The molecule has 0 aromatic rings. The number of likely N-dealkylation sites (N-methyl/N-ethyl adjacent to an activating group) is 1. The first-order valence-corrected chi connectivity index (χ1v) is 8.26. The van der Waals surface area contributed by atoms with E-state index in [1.165, 1.54) is 37.7 Å². The third kappa shape index (κ3) is 2.73. The first kappa shape index (κ1) is 14.6. The number of nitrogens with zero attached hydrogens (tertiary/aromatic N) is 1. The molecule has 0 fully saturated rings. The highest BCUT2D eigenvalue weighted by Gasteiger charge is 2.39. The number of rotatable bonds is 5. The first-order valence-electron chi connectivity index (χ1n) is 8.26. The summed E-state index contributed by atoms with van der Waals surface area (Å²) in [4.78, 5) is 15.3. The summed E-state index contributed by atoms with van der Waals surface area (Å²) in [6.07, 6.45) is 9.36. The van der Waals surface area contributed by atoms with E-state index in [0.717, 1.165) is 25.8 Å². The van der Waals surface area contributed by atoms with Gasteiger partial charge in [-0.05, 0) is 51.0 Å². The van der Waals surface area contributed by atoms with Crippen molar-refractivity contribution in [2.75, 3.05) is 6.54 Å². The van der Waals surface area contributed by atoms with E-state index >= 15 is 0 Å². The molecule has 0 saturated carbocycles. The van der Waals surface area contributed by atoms with Crippen molar-refractivity contribution < 1.29 is 4.79 Å². The number of carbonyl (C=O) groups excluding carboxylic acids is 1. The number of hydrogen-bond acceptors (Lipinski definition) is 2. The van der Waals surface area contributed by atoms with Gasteiger partial charge in [-0.15, -0.1) is 0 Å². The maximum absolute atomic E-state index is 12.8. The Kier molecular flexibility index (Phi) is 5.06. The highest BCUT2D eigenvalue weighted by molar-refractivity contribution is 5.90. The van der Waals surface area contributed by atoms with Gasteiger partial charge in [-0.1, -0.05) is 26.7 Å². The second kappa shape index (κ2) is 6.58. The Bertz CT molecular complexity index is 358. The van der Waals surface area contributed by atoms with E-state index in [1.807, 2.05) is 0 Å². The topological polar surface area (TPSA) is 20.3 Å². The Morgan fingerprint density at radius 3 is 2.53 bits per heavy atom. The summed E-state index contributed by atoms with van der Waals surface area (Å²) in [6.45, 7) is 7.60. The molecule has 2 heteroatoms. The zero-order valence-corrected chi connectivity index (χ0v) is 12.9. The monoisotopic (exact) mass is 263 g/mol. The second-order valence-electron chi connectivity index (χ2n) is 5.99. The van der Waals surface area contributed by atoms with Crippen LogP contribution in [-0.4, -0.2) is 23.3 Å². The molecule has 2 atom stereocenters. The van der Waals surface area contributed by atoms with Gasteiger partial charge in [-0.2, -0.15) is 0 Å². The quantitative estimate of drug-likeness (QED) is 0.737. The molecule has 2 rings (SSSR count). The van der Waals surface area contributed by atoms with Gasteiger partial charge in [0.05, 0.1) is 6.04 Å². The van der Waals surface area contributed by atoms with Crippen molar-refractivity contribution in [1.82, 2.24) is 4.90 Å². The lowest BCUT2D eigenvalue weighted by Crippen LogP contribution is -2.49. The summed E-state index contributed by atoms with van der Waals surface area (Å²) in [5.41, 5.74) is 3.04. The molecule has 0 bridgehead atoms. The molecule has 2 nitrogen and oxygen atoms in total. The van der Waals surface area contributed by atoms with Crippen molar-refractivity contribution in [3.63, 3.8) is 0 Å². The first-order chi connectivity index (χ1) is 9.24. The molecule has 19 heavy (non-hydrogen) atoms. The highest BCUT2D eigenvalue weighted by atomic mass is 16.1. The molecule has 2 aliphatic rings. The maximum atomic E-state index is 12.8. The van der Waals surface area contributed by atoms with Gasteiger partial charge in [-0.3, -0.25) is 4.79 Å². The molecule has 0 amide bonds. The highest BCUT2D eigenvalue weighted by Crippen LogP contribution is 2.40. The van der Waals surface area contributed by atoms with E-state index < -0.39 is 0 Å². The third-order valence-electron chi connectivity index (χ3n) is 4.88. The van der Waals surface area contributed by atoms with E-state index in [4.69, 9.17) is 0 Å². The molecule has 2 unspecified atom stereocenters. The van der Waals surface area contributed by atoms with Crippen molar-refractivity contribution in [2.24, 2.45) is 5.92 Å². The molecule has 1 heterocycles. The number of carbonyl (C=O) groups is 1. The second-order valence-corrected chi connectivity index (χ2v) is 5.99. The minimum Gasteiger partial charge on any atom is -0.365 e. The van der Waals surface area contributed by atoms with E-state index in [0.29, 0.717) is 5.78 Å². The van der Waals surface area contributed by atoms with Crippen LogP contribution in [0.15, 0.2) is 11.3 Å². The van der Waals surface area contributed by atoms with Gasteiger partial charge in [-0.25, -0.2) is 0 Å². The van der Waals surface area contributed by atoms with Crippen LogP contribution < -0.4 is 0 Å². The lowest BCUT2D eigenvalue weighted by atomic mass is 9.76. The summed E-state index contributed by atoms with van der Waals surface area (Å²) in [6, 6.07) is 0.173. The van der Waals surface area contributed by atoms with Crippen LogP contribution in [0.2, 0.25) is 0 Å². The standard InChI is InChI=1S/C17H29NO/c1-4-7-11-16-17(19)13(5-2)14-10-8-9-12-15(14)18(16)6-3/h13,16H,4-12H2,1-3H3. The van der Waals surface area contributed by atoms with Crippen molar-refractivity contribution in [3.05, 3.63) is 11.3 Å². The van der Waals surface area contributed by atoms with Crippen molar-refractivity contribution in [1.29, 1.82) is 0 Å². The van der Waals surface area contributed by atoms with Gasteiger partial charge >= 0.3 is 0 Å². The van der Waals surface area contributed by atoms with Crippen LogP contribution in [-0.2, 0) is 4.79 Å². The predicted octanol–water partition coefficient (Wildman–Crippen LogP) is 4.30. The molecule has 1 aliphatic carbocycles. The average molecular weight is 263 g/mol. The summed E-state index contributed by atoms with van der Waals surface area (Å²) >= 11 is 0. The van der Waals surface area contributed by atoms with Crippen molar-refractivity contribution in [3.8, 4) is 0 Å². The van der Waals surface area contributed by atoms with Crippen LogP contribution in [0.1, 0.15) is 72.1 Å². The molecule has 0 aromatic heterocycles. The van der Waals surface area contributed by atoms with Gasteiger partial charge in [0.1, 0.15) is 0 Å². The van der Waals surface area contributed by atoms with E-state index in [2.05, 4.69) is 25.7 Å². The van der Waals surface area contributed by atoms with Crippen LogP contribution in [0.4, 0.5) is 0 Å². The molecule has 0 spiro atoms. The Labute approximate surface area is 118 Å². The van der Waals surface area contributed by atoms with Crippen molar-refractivity contribution in [2.45, 2.75) is 78.2 Å². The van der Waals surface area contributed by atoms with E-state index in [9.17, 15) is 4.79 Å². The van der Waals surface area contributed by atoms with Gasteiger partial charge in [0.2, 0.25) is 0 Å². The maximum Gasteiger partial charge on any atom is 0.162 e. The number of ketones is 1. The molecule has 1 aliphatic heterocycles. The van der Waals surface area contributed by atoms with Gasteiger partial charge < -0.3 is 4.90 Å². The molecular formula is C17H29NO. The van der Waals surface area contributed by atoms with Gasteiger partial charge in [0.25, 0.3) is 0 Å².